The van der Waals surface area contributed by atoms with Crippen molar-refractivity contribution >= 4 is 22.8 Å². The van der Waals surface area contributed by atoms with Crippen molar-refractivity contribution < 1.29 is 4.92 Å². The van der Waals surface area contributed by atoms with E-state index in [0.717, 1.165) is 0 Å². The molecule has 0 bridgehead atoms. The number of nitrogens with zero attached hydrogens (tertiary/aromatic N) is 2. The number of nitro groups is 1. The SMILES string of the molecule is CN(C)C=CC(=S)c1ccccc1[N+](=O)[O-]. The number of thiocarbonyl (C=S) groups is 1. The fraction of sp³-hybridized carbons (Fsp3) is 0.182. The third-order valence-corrected chi connectivity index (χ3v) is 2.25. The summed E-state index contributed by atoms with van der Waals surface area (Å²) in [6.45, 7) is 0. The Morgan fingerprint density at radius 3 is 2.62 bits per heavy atom. The van der Waals surface area contributed by atoms with Gasteiger partial charge in [-0.2, -0.15) is 0 Å². The van der Waals surface area contributed by atoms with Gasteiger partial charge in [-0.05, 0) is 18.3 Å². The summed E-state index contributed by atoms with van der Waals surface area (Å²) in [7, 11) is 3.72. The van der Waals surface area contributed by atoms with Gasteiger partial charge in [-0.3, -0.25) is 10.1 Å². The third-order valence-electron chi connectivity index (χ3n) is 1.89. The molecular formula is C11H12N2O2S. The molecule has 1 rings (SSSR count). The summed E-state index contributed by atoms with van der Waals surface area (Å²) >= 11 is 5.13. The van der Waals surface area contributed by atoms with Crippen molar-refractivity contribution in [3.05, 3.63) is 52.2 Å². The molecule has 0 aliphatic rings. The van der Waals surface area contributed by atoms with Crippen LogP contribution in [0.25, 0.3) is 0 Å². The van der Waals surface area contributed by atoms with Crippen LogP contribution in [-0.4, -0.2) is 28.8 Å². The summed E-state index contributed by atoms with van der Waals surface area (Å²) in [5.41, 5.74) is 0.511. The zero-order valence-electron chi connectivity index (χ0n) is 9.08. The molecule has 84 valence electrons. The van der Waals surface area contributed by atoms with E-state index in [0.29, 0.717) is 10.4 Å². The normalized spacial score (nSPS) is 10.4. The van der Waals surface area contributed by atoms with Gasteiger partial charge in [-0.1, -0.05) is 24.4 Å². The summed E-state index contributed by atoms with van der Waals surface area (Å²) in [4.78, 5) is 12.6. The van der Waals surface area contributed by atoms with E-state index < -0.39 is 4.92 Å². The maximum absolute atomic E-state index is 10.8. The van der Waals surface area contributed by atoms with Crippen LogP contribution in [0.4, 0.5) is 5.69 Å². The van der Waals surface area contributed by atoms with E-state index in [2.05, 4.69) is 0 Å². The Morgan fingerprint density at radius 1 is 1.44 bits per heavy atom. The van der Waals surface area contributed by atoms with Crippen LogP contribution in [-0.2, 0) is 0 Å². The summed E-state index contributed by atoms with van der Waals surface area (Å²) < 4.78 is 0. The highest BCUT2D eigenvalue weighted by Crippen LogP contribution is 2.19. The Balaban J connectivity index is 3.04. The lowest BCUT2D eigenvalue weighted by molar-refractivity contribution is -0.385. The van der Waals surface area contributed by atoms with Crippen LogP contribution in [0.1, 0.15) is 5.56 Å². The number of para-hydroxylation sites is 1. The summed E-state index contributed by atoms with van der Waals surface area (Å²) in [5.74, 6) is 0. The molecule has 0 aromatic heterocycles. The largest absolute Gasteiger partial charge is 0.383 e. The van der Waals surface area contributed by atoms with E-state index in [1.165, 1.54) is 6.07 Å². The molecule has 0 N–H and O–H groups in total. The fourth-order valence-corrected chi connectivity index (χ4v) is 1.38. The fourth-order valence-electron chi connectivity index (χ4n) is 1.15. The monoisotopic (exact) mass is 236 g/mol. The molecule has 0 aliphatic carbocycles. The van der Waals surface area contributed by atoms with Crippen LogP contribution in [0.3, 0.4) is 0 Å². The molecule has 5 heteroatoms. The predicted octanol–water partition coefficient (Wildman–Crippen LogP) is 2.39. The van der Waals surface area contributed by atoms with Gasteiger partial charge in [0.1, 0.15) is 0 Å². The Hall–Kier alpha value is -1.75. The quantitative estimate of drug-likeness (QED) is 0.265. The number of hydrogen-bond acceptors (Lipinski definition) is 4. The Bertz CT molecular complexity index is 441. The maximum Gasteiger partial charge on any atom is 0.278 e. The van der Waals surface area contributed by atoms with Gasteiger partial charge >= 0.3 is 0 Å². The van der Waals surface area contributed by atoms with E-state index in [9.17, 15) is 10.1 Å². The highest BCUT2D eigenvalue weighted by Gasteiger charge is 2.14. The van der Waals surface area contributed by atoms with E-state index in [1.54, 1.807) is 30.5 Å². The maximum atomic E-state index is 10.8. The van der Waals surface area contributed by atoms with Crippen molar-refractivity contribution in [2.24, 2.45) is 0 Å². The second kappa shape index (κ2) is 5.37. The summed E-state index contributed by atoms with van der Waals surface area (Å²) in [5, 5.41) is 10.8. The van der Waals surface area contributed by atoms with Crippen molar-refractivity contribution in [3.63, 3.8) is 0 Å². The third kappa shape index (κ3) is 3.13. The Morgan fingerprint density at radius 2 is 2.06 bits per heavy atom. The Kier molecular flexibility index (Phi) is 4.13. The molecular weight excluding hydrogens is 224 g/mol. The first-order valence-electron chi connectivity index (χ1n) is 4.64. The van der Waals surface area contributed by atoms with E-state index in [4.69, 9.17) is 12.2 Å². The second-order valence-electron chi connectivity index (χ2n) is 3.42. The molecule has 0 fully saturated rings. The van der Waals surface area contributed by atoms with Crippen LogP contribution >= 0.6 is 12.2 Å². The average molecular weight is 236 g/mol. The zero-order chi connectivity index (χ0) is 12.1. The van der Waals surface area contributed by atoms with Crippen LogP contribution in [0.15, 0.2) is 36.5 Å². The standard InChI is InChI=1S/C11H12N2O2S/c1-12(2)8-7-11(16)9-5-3-4-6-10(9)13(14)15/h3-8H,1-2H3. The van der Waals surface area contributed by atoms with Crippen molar-refractivity contribution in [2.45, 2.75) is 0 Å². The summed E-state index contributed by atoms with van der Waals surface area (Å²) in [6, 6.07) is 6.46. The first kappa shape index (κ1) is 12.3. The van der Waals surface area contributed by atoms with E-state index in [1.807, 2.05) is 19.0 Å². The molecule has 0 saturated heterocycles. The van der Waals surface area contributed by atoms with Gasteiger partial charge in [-0.25, -0.2) is 0 Å². The summed E-state index contributed by atoms with van der Waals surface area (Å²) in [6.07, 6.45) is 3.44. The van der Waals surface area contributed by atoms with Gasteiger partial charge in [0.15, 0.2) is 0 Å². The molecule has 16 heavy (non-hydrogen) atoms. The number of rotatable bonds is 4. The van der Waals surface area contributed by atoms with Crippen LogP contribution in [0.5, 0.6) is 0 Å². The van der Waals surface area contributed by atoms with Crippen LogP contribution < -0.4 is 0 Å². The van der Waals surface area contributed by atoms with Crippen LogP contribution in [0.2, 0.25) is 0 Å². The molecule has 0 atom stereocenters. The molecule has 0 radical (unpaired) electrons. The van der Waals surface area contributed by atoms with Gasteiger partial charge in [0.25, 0.3) is 5.69 Å². The van der Waals surface area contributed by atoms with Gasteiger partial charge in [-0.15, -0.1) is 0 Å². The van der Waals surface area contributed by atoms with Gasteiger partial charge in [0.2, 0.25) is 0 Å². The predicted molar refractivity (Wildman–Crippen MR) is 67.6 cm³/mol. The molecule has 0 amide bonds. The number of benzene rings is 1. The van der Waals surface area contributed by atoms with Crippen LogP contribution in [0, 0.1) is 10.1 Å². The lowest BCUT2D eigenvalue weighted by Gasteiger charge is -2.04. The van der Waals surface area contributed by atoms with Gasteiger partial charge in [0.05, 0.1) is 15.4 Å². The zero-order valence-corrected chi connectivity index (χ0v) is 9.90. The molecule has 0 spiro atoms. The van der Waals surface area contributed by atoms with Gasteiger partial charge in [0, 0.05) is 20.2 Å². The van der Waals surface area contributed by atoms with Crippen molar-refractivity contribution in [1.82, 2.24) is 4.90 Å². The number of nitro benzene ring substituents is 1. The van der Waals surface area contributed by atoms with Gasteiger partial charge < -0.3 is 4.90 Å². The Labute approximate surface area is 99.3 Å². The number of hydrogen-bond donors (Lipinski definition) is 0. The molecule has 1 aromatic carbocycles. The first-order chi connectivity index (χ1) is 7.52. The minimum Gasteiger partial charge on any atom is -0.383 e. The van der Waals surface area contributed by atoms with Crippen molar-refractivity contribution in [2.75, 3.05) is 14.1 Å². The minimum atomic E-state index is -0.425. The lowest BCUT2D eigenvalue weighted by Crippen LogP contribution is -2.04. The van der Waals surface area contributed by atoms with Crippen molar-refractivity contribution in [3.8, 4) is 0 Å². The lowest BCUT2D eigenvalue weighted by atomic mass is 10.1. The molecule has 0 unspecified atom stereocenters. The average Bonchev–Trinajstić information content (AvgIpc) is 2.25. The van der Waals surface area contributed by atoms with E-state index >= 15 is 0 Å². The van der Waals surface area contributed by atoms with Crippen molar-refractivity contribution in [1.29, 1.82) is 0 Å². The smallest absolute Gasteiger partial charge is 0.278 e. The molecule has 0 heterocycles. The minimum absolute atomic E-state index is 0.0379. The molecule has 0 aliphatic heterocycles. The first-order valence-corrected chi connectivity index (χ1v) is 5.05. The molecule has 0 saturated carbocycles. The second-order valence-corrected chi connectivity index (χ2v) is 3.86. The highest BCUT2D eigenvalue weighted by atomic mass is 32.1. The number of allylic oxidation sites excluding steroid dienone is 1. The molecule has 1 aromatic rings. The highest BCUT2D eigenvalue weighted by molar-refractivity contribution is 7.81. The van der Waals surface area contributed by atoms with E-state index in [-0.39, 0.29) is 5.69 Å². The topological polar surface area (TPSA) is 46.4 Å². The molecule has 4 nitrogen and oxygen atoms in total.